The third-order valence-corrected chi connectivity index (χ3v) is 5.41. The van der Waals surface area contributed by atoms with Crippen molar-refractivity contribution in [2.45, 2.75) is 51.4 Å². The summed E-state index contributed by atoms with van der Waals surface area (Å²) in [5.74, 6) is -3.06. The fourth-order valence-corrected chi connectivity index (χ4v) is 3.93. The van der Waals surface area contributed by atoms with Crippen molar-refractivity contribution in [2.24, 2.45) is 0 Å². The molecule has 150 valence electrons. The van der Waals surface area contributed by atoms with E-state index in [1.54, 1.807) is 13.8 Å². The molecule has 2 unspecified atom stereocenters. The topological polar surface area (TPSA) is 77.1 Å². The molecule has 1 fully saturated rings. The Bertz CT molecular complexity index is 476. The average molecular weight is 396 g/mol. The van der Waals surface area contributed by atoms with Crippen molar-refractivity contribution in [3.05, 3.63) is 12.3 Å². The highest BCUT2D eigenvalue weighted by molar-refractivity contribution is 7.47. The van der Waals surface area contributed by atoms with Crippen LogP contribution in [-0.2, 0) is 18.6 Å². The van der Waals surface area contributed by atoms with Crippen LogP contribution in [0.5, 0.6) is 0 Å². The lowest BCUT2D eigenvalue weighted by atomic mass is 10.1. The van der Waals surface area contributed by atoms with Gasteiger partial charge in [0.2, 0.25) is 0 Å². The molecule has 10 heteroatoms. The van der Waals surface area contributed by atoms with Crippen LogP contribution < -0.4 is 5.32 Å². The highest BCUT2D eigenvalue weighted by Crippen LogP contribution is 2.43. The summed E-state index contributed by atoms with van der Waals surface area (Å²) in [5.41, 5.74) is 0. The average Bonchev–Trinajstić information content (AvgIpc) is 3.11. The van der Waals surface area contributed by atoms with E-state index in [1.807, 2.05) is 0 Å². The first-order valence-electron chi connectivity index (χ1n) is 8.58. The van der Waals surface area contributed by atoms with Gasteiger partial charge < -0.3 is 19.1 Å². The number of aldehydes is 1. The van der Waals surface area contributed by atoms with Gasteiger partial charge in [0.25, 0.3) is 5.92 Å². The molecule has 1 N–H and O–H groups in total. The molecule has 0 saturated carbocycles. The molecule has 1 saturated heterocycles. The minimum Gasteiger partial charge on any atom is -0.348 e. The predicted molar refractivity (Wildman–Crippen MR) is 94.0 cm³/mol. The Hall–Kier alpha value is -1.15. The molecule has 0 radical (unpaired) electrons. The molecule has 26 heavy (non-hydrogen) atoms. The highest BCUT2D eigenvalue weighted by Gasteiger charge is 2.46. The zero-order chi connectivity index (χ0) is 19.6. The summed E-state index contributed by atoms with van der Waals surface area (Å²) in [5, 5.41) is 2.39. The van der Waals surface area contributed by atoms with Crippen molar-refractivity contribution in [1.82, 2.24) is 10.2 Å². The molecular weight excluding hydrogens is 369 g/mol. The Labute approximate surface area is 153 Å². The number of ether oxygens (including phenoxy) is 1. The fourth-order valence-electron chi connectivity index (χ4n) is 2.54. The van der Waals surface area contributed by atoms with Gasteiger partial charge in [0.05, 0.1) is 13.2 Å². The van der Waals surface area contributed by atoms with Gasteiger partial charge in [-0.2, -0.15) is 0 Å². The van der Waals surface area contributed by atoms with E-state index in [9.17, 15) is 18.4 Å². The van der Waals surface area contributed by atoms with Crippen LogP contribution in [0.15, 0.2) is 12.3 Å². The monoisotopic (exact) mass is 396 g/mol. The Morgan fingerprint density at radius 3 is 2.54 bits per heavy atom. The lowest BCUT2D eigenvalue weighted by molar-refractivity contribution is -0.147. The van der Waals surface area contributed by atoms with Crippen LogP contribution in [-0.4, -0.2) is 61.9 Å². The SMILES string of the molecule is CCOP(CCC(F)(F)C1CCC(N(/C=C\C=O)C(=O)NC)O1)OCC. The molecule has 2 amide bonds. The summed E-state index contributed by atoms with van der Waals surface area (Å²) in [6, 6.07) is -0.534. The standard InChI is InChI=1S/C16H27F2N2O5P/c1-4-23-26(24-5-2)12-9-16(17,18)13-7-8-14(25-13)20(10-6-11-21)15(22)19-3/h6,10-11,13-14H,4-5,7-9,12H2,1-3H3,(H,19,22)/b10-6-. The van der Waals surface area contributed by atoms with Gasteiger partial charge in [-0.25, -0.2) is 13.6 Å². The second kappa shape index (κ2) is 11.5. The minimum atomic E-state index is -3.06. The molecule has 0 aromatic carbocycles. The number of carbonyl (C=O) groups is 2. The zero-order valence-electron chi connectivity index (χ0n) is 15.3. The smallest absolute Gasteiger partial charge is 0.323 e. The fraction of sp³-hybridized carbons (Fsp3) is 0.750. The molecule has 1 heterocycles. The van der Waals surface area contributed by atoms with Crippen LogP contribution in [0.4, 0.5) is 13.6 Å². The molecule has 2 atom stereocenters. The van der Waals surface area contributed by atoms with Gasteiger partial charge >= 0.3 is 6.03 Å². The van der Waals surface area contributed by atoms with E-state index in [0.717, 1.165) is 11.0 Å². The van der Waals surface area contributed by atoms with E-state index in [2.05, 4.69) is 5.32 Å². The number of nitrogens with zero attached hydrogens (tertiary/aromatic N) is 1. The third-order valence-electron chi connectivity index (χ3n) is 3.73. The number of carbonyl (C=O) groups excluding carboxylic acids is 2. The van der Waals surface area contributed by atoms with E-state index in [-0.39, 0.29) is 19.0 Å². The first-order valence-corrected chi connectivity index (χ1v) is 9.94. The van der Waals surface area contributed by atoms with Gasteiger partial charge in [0, 0.05) is 25.8 Å². The first kappa shape index (κ1) is 22.9. The maximum atomic E-state index is 14.5. The van der Waals surface area contributed by atoms with Crippen LogP contribution in [0, 0.1) is 0 Å². The van der Waals surface area contributed by atoms with Crippen LogP contribution in [0.2, 0.25) is 0 Å². The predicted octanol–water partition coefficient (Wildman–Crippen LogP) is 3.26. The molecule has 7 nitrogen and oxygen atoms in total. The summed E-state index contributed by atoms with van der Waals surface area (Å²) in [6.07, 6.45) is 0.748. The number of rotatable bonds is 11. The number of alkyl halides is 2. The molecule has 0 spiro atoms. The Balaban J connectivity index is 2.67. The largest absolute Gasteiger partial charge is 0.348 e. The van der Waals surface area contributed by atoms with Crippen molar-refractivity contribution in [1.29, 1.82) is 0 Å². The van der Waals surface area contributed by atoms with Crippen LogP contribution in [0.3, 0.4) is 0 Å². The van der Waals surface area contributed by atoms with Gasteiger partial charge in [0.1, 0.15) is 18.6 Å². The first-order chi connectivity index (χ1) is 12.4. The van der Waals surface area contributed by atoms with E-state index in [1.165, 1.54) is 13.2 Å². The molecule has 0 aromatic rings. The van der Waals surface area contributed by atoms with Gasteiger partial charge in [0.15, 0.2) is 8.38 Å². The molecule has 0 aromatic heterocycles. The highest BCUT2D eigenvalue weighted by atomic mass is 31.2. The van der Waals surface area contributed by atoms with Crippen LogP contribution >= 0.6 is 8.38 Å². The third kappa shape index (κ3) is 6.87. The summed E-state index contributed by atoms with van der Waals surface area (Å²) in [4.78, 5) is 23.5. The molecular formula is C16H27F2N2O5P. The Kier molecular flexibility index (Phi) is 10.2. The maximum Gasteiger partial charge on any atom is 0.323 e. The maximum absolute atomic E-state index is 14.5. The number of allylic oxidation sites excluding steroid dienone is 1. The Morgan fingerprint density at radius 1 is 1.35 bits per heavy atom. The number of halogens is 2. The van der Waals surface area contributed by atoms with Gasteiger partial charge in [-0.1, -0.05) is 0 Å². The summed E-state index contributed by atoms with van der Waals surface area (Å²) in [7, 11) is 0.0674. The molecule has 1 rings (SSSR count). The van der Waals surface area contributed by atoms with Crippen LogP contribution in [0.1, 0.15) is 33.1 Å². The zero-order valence-corrected chi connectivity index (χ0v) is 16.2. The van der Waals surface area contributed by atoms with Gasteiger partial charge in [-0.15, -0.1) is 0 Å². The Morgan fingerprint density at radius 2 is 2.00 bits per heavy atom. The second-order valence-corrected chi connectivity index (χ2v) is 7.13. The number of urea groups is 1. The van der Waals surface area contributed by atoms with E-state index < -0.39 is 39.1 Å². The molecule has 1 aliphatic heterocycles. The van der Waals surface area contributed by atoms with E-state index in [4.69, 9.17) is 13.8 Å². The molecule has 0 bridgehead atoms. The number of nitrogens with one attached hydrogen (secondary N) is 1. The number of amides is 2. The van der Waals surface area contributed by atoms with Crippen molar-refractivity contribution < 1.29 is 32.2 Å². The lowest BCUT2D eigenvalue weighted by Gasteiger charge is -2.28. The van der Waals surface area contributed by atoms with Crippen molar-refractivity contribution >= 4 is 20.7 Å². The van der Waals surface area contributed by atoms with Gasteiger partial charge in [-0.3, -0.25) is 9.69 Å². The van der Waals surface area contributed by atoms with E-state index >= 15 is 0 Å². The number of hydrogen-bond acceptors (Lipinski definition) is 5. The van der Waals surface area contributed by atoms with Crippen LogP contribution in [0.25, 0.3) is 0 Å². The molecule has 1 aliphatic rings. The second-order valence-electron chi connectivity index (χ2n) is 5.50. The van der Waals surface area contributed by atoms with Gasteiger partial charge in [-0.05, 0) is 32.8 Å². The lowest BCUT2D eigenvalue weighted by Crippen LogP contribution is -2.43. The number of hydrogen-bond donors (Lipinski definition) is 1. The van der Waals surface area contributed by atoms with Crippen molar-refractivity contribution in [3.63, 3.8) is 0 Å². The van der Waals surface area contributed by atoms with Crippen molar-refractivity contribution in [2.75, 3.05) is 26.4 Å². The summed E-state index contributed by atoms with van der Waals surface area (Å²) in [6.45, 7) is 4.39. The summed E-state index contributed by atoms with van der Waals surface area (Å²) >= 11 is 0. The minimum absolute atomic E-state index is 0.110. The quantitative estimate of drug-likeness (QED) is 0.330. The summed E-state index contributed by atoms with van der Waals surface area (Å²) < 4.78 is 45.2. The molecule has 0 aliphatic carbocycles. The van der Waals surface area contributed by atoms with Crippen molar-refractivity contribution in [3.8, 4) is 0 Å². The van der Waals surface area contributed by atoms with E-state index in [0.29, 0.717) is 19.5 Å². The normalized spacial score (nSPS) is 20.7.